The fourth-order valence-electron chi connectivity index (χ4n) is 4.52. The summed E-state index contributed by atoms with van der Waals surface area (Å²) in [5.41, 5.74) is 6.00. The minimum Gasteiger partial charge on any atom is -0.496 e. The quantitative estimate of drug-likeness (QED) is 0.190. The smallest absolute Gasteiger partial charge is 0.122 e. The normalized spacial score (nSPS) is 12.4. The minimum atomic E-state index is 0.682. The molecule has 0 spiro atoms. The highest BCUT2D eigenvalue weighted by Gasteiger charge is 2.14. The Morgan fingerprint density at radius 3 is 1.56 bits per heavy atom. The maximum absolute atomic E-state index is 5.61. The van der Waals surface area contributed by atoms with Crippen LogP contribution in [0.3, 0.4) is 0 Å². The van der Waals surface area contributed by atoms with Gasteiger partial charge in [0.25, 0.3) is 0 Å². The van der Waals surface area contributed by atoms with Gasteiger partial charge in [0.1, 0.15) is 11.5 Å². The summed E-state index contributed by atoms with van der Waals surface area (Å²) in [6.07, 6.45) is 4.24. The van der Waals surface area contributed by atoms with E-state index in [0.717, 1.165) is 41.5 Å². The Labute approximate surface area is 220 Å². The van der Waals surface area contributed by atoms with Crippen LogP contribution in [0.2, 0.25) is 0 Å². The molecule has 0 N–H and O–H groups in total. The van der Waals surface area contributed by atoms with E-state index in [-0.39, 0.29) is 0 Å². The number of para-hydroxylation sites is 2. The van der Waals surface area contributed by atoms with Gasteiger partial charge in [0, 0.05) is 12.8 Å². The maximum Gasteiger partial charge on any atom is 0.122 e. The molecular formula is C32H36O2P2. The molecule has 3 atom stereocenters. The lowest BCUT2D eigenvalue weighted by atomic mass is 10.0. The first-order valence-electron chi connectivity index (χ1n) is 12.6. The monoisotopic (exact) mass is 514 g/mol. The van der Waals surface area contributed by atoms with E-state index in [1.165, 1.54) is 45.4 Å². The van der Waals surface area contributed by atoms with E-state index in [9.17, 15) is 0 Å². The van der Waals surface area contributed by atoms with Crippen LogP contribution in [0, 0.1) is 0 Å². The lowest BCUT2D eigenvalue weighted by Crippen LogP contribution is -2.14. The largest absolute Gasteiger partial charge is 0.496 e. The molecule has 3 unspecified atom stereocenters. The van der Waals surface area contributed by atoms with E-state index in [0.29, 0.717) is 5.66 Å². The first-order valence-corrected chi connectivity index (χ1v) is 14.9. The van der Waals surface area contributed by atoms with E-state index in [4.69, 9.17) is 9.47 Å². The first kappa shape index (κ1) is 26.4. The van der Waals surface area contributed by atoms with Gasteiger partial charge in [-0.25, -0.2) is 0 Å². The van der Waals surface area contributed by atoms with Crippen LogP contribution in [0.25, 0.3) is 0 Å². The molecular weight excluding hydrogens is 478 g/mol. The molecule has 0 radical (unpaired) electrons. The first-order chi connectivity index (χ1) is 17.7. The lowest BCUT2D eigenvalue weighted by Gasteiger charge is -2.19. The van der Waals surface area contributed by atoms with Gasteiger partial charge in [0.05, 0.1) is 14.2 Å². The van der Waals surface area contributed by atoms with Crippen LogP contribution in [0.4, 0.5) is 0 Å². The molecule has 0 saturated heterocycles. The Kier molecular flexibility index (Phi) is 9.97. The molecule has 0 saturated carbocycles. The molecule has 4 rings (SSSR count). The highest BCUT2D eigenvalue weighted by atomic mass is 31.1. The summed E-state index contributed by atoms with van der Waals surface area (Å²) in [6, 6.07) is 34.6. The second kappa shape index (κ2) is 13.6. The van der Waals surface area contributed by atoms with E-state index >= 15 is 0 Å². The van der Waals surface area contributed by atoms with Crippen molar-refractivity contribution in [3.8, 4) is 11.5 Å². The number of ether oxygens (including phenoxy) is 2. The van der Waals surface area contributed by atoms with E-state index in [2.05, 4.69) is 91.9 Å². The van der Waals surface area contributed by atoms with Crippen LogP contribution in [0.15, 0.2) is 97.1 Å². The maximum atomic E-state index is 5.61. The zero-order valence-electron chi connectivity index (χ0n) is 21.5. The summed E-state index contributed by atoms with van der Waals surface area (Å²) in [5, 5.41) is 2.97. The number of rotatable bonds is 12. The molecule has 0 heterocycles. The van der Waals surface area contributed by atoms with Gasteiger partial charge in [-0.15, -0.1) is 0 Å². The van der Waals surface area contributed by atoms with Crippen molar-refractivity contribution < 1.29 is 9.47 Å². The summed E-state index contributed by atoms with van der Waals surface area (Å²) >= 11 is 0. The molecule has 4 heteroatoms. The van der Waals surface area contributed by atoms with E-state index < -0.39 is 0 Å². The van der Waals surface area contributed by atoms with Gasteiger partial charge in [-0.3, -0.25) is 0 Å². The zero-order chi connectivity index (χ0) is 25.2. The highest BCUT2D eigenvalue weighted by Crippen LogP contribution is 2.31. The number of hydrogen-bond donors (Lipinski definition) is 0. The van der Waals surface area contributed by atoms with Gasteiger partial charge in [0.2, 0.25) is 0 Å². The third-order valence-corrected chi connectivity index (χ3v) is 10.4. The van der Waals surface area contributed by atoms with Crippen LogP contribution in [-0.2, 0) is 12.8 Å². The van der Waals surface area contributed by atoms with Crippen LogP contribution < -0.4 is 20.1 Å². The second-order valence-corrected chi connectivity index (χ2v) is 11.9. The third-order valence-electron chi connectivity index (χ3n) is 6.57. The molecule has 0 aromatic heterocycles. The number of benzene rings is 4. The Morgan fingerprint density at radius 1 is 0.583 bits per heavy atom. The van der Waals surface area contributed by atoms with Crippen molar-refractivity contribution in [3.63, 3.8) is 0 Å². The predicted octanol–water partition coefficient (Wildman–Crippen LogP) is 6.97. The third kappa shape index (κ3) is 6.97. The van der Waals surface area contributed by atoms with Gasteiger partial charge < -0.3 is 9.47 Å². The summed E-state index contributed by atoms with van der Waals surface area (Å²) in [7, 11) is 5.13. The molecule has 0 aliphatic rings. The van der Waals surface area contributed by atoms with Crippen molar-refractivity contribution in [2.75, 3.05) is 20.4 Å². The van der Waals surface area contributed by atoms with E-state index in [1.54, 1.807) is 14.2 Å². The zero-order valence-corrected chi connectivity index (χ0v) is 23.5. The summed E-state index contributed by atoms with van der Waals surface area (Å²) in [5.74, 6) is 1.94. The van der Waals surface area contributed by atoms with Gasteiger partial charge >= 0.3 is 0 Å². The van der Waals surface area contributed by atoms with Gasteiger partial charge in [-0.05, 0) is 63.2 Å². The van der Waals surface area contributed by atoms with Crippen LogP contribution in [-0.4, -0.2) is 26.0 Å². The van der Waals surface area contributed by atoms with Crippen molar-refractivity contribution in [3.05, 3.63) is 119 Å². The molecule has 36 heavy (non-hydrogen) atoms. The Balaban J connectivity index is 1.46. The van der Waals surface area contributed by atoms with Gasteiger partial charge in [-0.1, -0.05) is 109 Å². The summed E-state index contributed by atoms with van der Waals surface area (Å²) in [4.78, 5) is 0. The fourth-order valence-corrected chi connectivity index (χ4v) is 7.80. The molecule has 4 aromatic rings. The van der Waals surface area contributed by atoms with Crippen molar-refractivity contribution in [1.82, 2.24) is 0 Å². The van der Waals surface area contributed by atoms with Crippen LogP contribution >= 0.6 is 17.2 Å². The number of hydrogen-bond acceptors (Lipinski definition) is 2. The molecule has 186 valence electrons. The molecule has 0 fully saturated rings. The Bertz CT molecular complexity index is 1250. The SMILES string of the molecule is CCC(CPc1ccccc1Cc1ccccc1OC)Pc1ccccc1Cc1ccccc1OC. The van der Waals surface area contributed by atoms with Gasteiger partial charge in [0.15, 0.2) is 0 Å². The van der Waals surface area contributed by atoms with Crippen LogP contribution in [0.5, 0.6) is 11.5 Å². The molecule has 0 aliphatic carbocycles. The van der Waals surface area contributed by atoms with Crippen molar-refractivity contribution in [1.29, 1.82) is 0 Å². The average molecular weight is 515 g/mol. The molecule has 0 bridgehead atoms. The standard InChI is InChI=1S/C32H36O2P2/c1-4-28(36-32-20-12-8-16-27(32)22-25-14-6-10-18-30(25)34-3)23-35-31-19-11-7-15-26(31)21-24-13-5-9-17-29(24)33-2/h5-20,28,35-36H,4,21-23H2,1-3H3. The molecule has 0 amide bonds. The van der Waals surface area contributed by atoms with Crippen molar-refractivity contribution in [2.45, 2.75) is 31.8 Å². The van der Waals surface area contributed by atoms with Crippen LogP contribution in [0.1, 0.15) is 35.6 Å². The van der Waals surface area contributed by atoms with Crippen molar-refractivity contribution >= 4 is 27.8 Å². The highest BCUT2D eigenvalue weighted by molar-refractivity contribution is 7.52. The number of methoxy groups -OCH3 is 2. The summed E-state index contributed by atoms with van der Waals surface area (Å²) in [6.45, 7) is 2.34. The van der Waals surface area contributed by atoms with Crippen molar-refractivity contribution in [2.24, 2.45) is 0 Å². The van der Waals surface area contributed by atoms with Gasteiger partial charge in [-0.2, -0.15) is 0 Å². The molecule has 0 aliphatic heterocycles. The predicted molar refractivity (Wildman–Crippen MR) is 159 cm³/mol. The lowest BCUT2D eigenvalue weighted by molar-refractivity contribution is 0.410. The second-order valence-electron chi connectivity index (χ2n) is 8.92. The average Bonchev–Trinajstić information content (AvgIpc) is 2.93. The topological polar surface area (TPSA) is 18.5 Å². The molecule has 4 aromatic carbocycles. The summed E-state index contributed by atoms with van der Waals surface area (Å²) < 4.78 is 11.2. The Morgan fingerprint density at radius 2 is 1.03 bits per heavy atom. The minimum absolute atomic E-state index is 0.682. The fraction of sp³-hybridized carbons (Fsp3) is 0.250. The Hall–Kier alpha value is -2.66. The molecule has 2 nitrogen and oxygen atoms in total. The van der Waals surface area contributed by atoms with E-state index in [1.807, 2.05) is 12.1 Å².